The van der Waals surface area contributed by atoms with Gasteiger partial charge in [-0.3, -0.25) is 0 Å². The van der Waals surface area contributed by atoms with Crippen molar-refractivity contribution >= 4 is 5.97 Å². The maximum Gasteiger partial charge on any atom is 0.339 e. The van der Waals surface area contributed by atoms with E-state index >= 15 is 0 Å². The Morgan fingerprint density at radius 1 is 0.800 bits per heavy atom. The van der Waals surface area contributed by atoms with E-state index in [1.807, 2.05) is 36.4 Å². The van der Waals surface area contributed by atoms with E-state index in [1.165, 1.54) is 21.3 Å². The topological polar surface area (TPSA) is 74.2 Å². The van der Waals surface area contributed by atoms with Crippen LogP contribution in [0.4, 0.5) is 0 Å². The van der Waals surface area contributed by atoms with Gasteiger partial charge in [-0.15, -0.1) is 0 Å². The molecule has 3 aromatic rings. The number of hydrogen-bond acceptors (Lipinski definition) is 6. The number of aliphatic hydroxyl groups is 1. The Hall–Kier alpha value is -3.51. The predicted octanol–water partition coefficient (Wildman–Crippen LogP) is 3.56. The average molecular weight is 408 g/mol. The Morgan fingerprint density at radius 2 is 1.33 bits per heavy atom. The van der Waals surface area contributed by atoms with Gasteiger partial charge in [0, 0.05) is 17.2 Å². The lowest BCUT2D eigenvalue weighted by molar-refractivity contribution is -0.161. The van der Waals surface area contributed by atoms with Gasteiger partial charge in [-0.1, -0.05) is 60.7 Å². The van der Waals surface area contributed by atoms with Crippen molar-refractivity contribution in [1.29, 1.82) is 0 Å². The van der Waals surface area contributed by atoms with Gasteiger partial charge in [0.25, 0.3) is 0 Å². The van der Waals surface area contributed by atoms with E-state index < -0.39 is 17.7 Å². The van der Waals surface area contributed by atoms with E-state index in [0.29, 0.717) is 28.4 Å². The molecular weight excluding hydrogens is 384 g/mol. The van der Waals surface area contributed by atoms with Crippen molar-refractivity contribution in [3.63, 3.8) is 0 Å². The molecule has 0 saturated carbocycles. The van der Waals surface area contributed by atoms with Gasteiger partial charge in [0.05, 0.1) is 21.3 Å². The third-order valence-electron chi connectivity index (χ3n) is 4.85. The first-order chi connectivity index (χ1) is 14.6. The minimum absolute atomic E-state index is 0.378. The maximum absolute atomic E-state index is 12.5. The van der Waals surface area contributed by atoms with E-state index in [4.69, 9.17) is 18.9 Å². The zero-order valence-electron chi connectivity index (χ0n) is 17.1. The highest BCUT2D eigenvalue weighted by molar-refractivity contribution is 5.77. The van der Waals surface area contributed by atoms with Crippen LogP contribution in [0.2, 0.25) is 0 Å². The second-order valence-electron chi connectivity index (χ2n) is 6.51. The molecule has 6 heteroatoms. The summed E-state index contributed by atoms with van der Waals surface area (Å²) in [5.74, 6) is 0.549. The summed E-state index contributed by atoms with van der Waals surface area (Å²) >= 11 is 0. The van der Waals surface area contributed by atoms with Crippen molar-refractivity contribution in [2.24, 2.45) is 0 Å². The highest BCUT2D eigenvalue weighted by atomic mass is 16.6. The molecule has 156 valence electrons. The van der Waals surface area contributed by atoms with Crippen LogP contribution in [-0.4, -0.2) is 38.5 Å². The molecule has 0 aliphatic heterocycles. The standard InChI is InChI=1S/C24H24O6/c1-27-20-15-14-19(16-21(20)28-2)30-24(22(25)23(26)29-3,17-10-6-4-7-11-17)18-12-8-5-9-13-18/h4-16,22,25H,1-3H3. The first-order valence-electron chi connectivity index (χ1n) is 9.34. The molecule has 0 aromatic heterocycles. The van der Waals surface area contributed by atoms with Gasteiger partial charge < -0.3 is 24.1 Å². The fourth-order valence-electron chi connectivity index (χ4n) is 3.37. The van der Waals surface area contributed by atoms with Crippen LogP contribution in [0.5, 0.6) is 17.2 Å². The Balaban J connectivity index is 2.24. The molecule has 0 bridgehead atoms. The van der Waals surface area contributed by atoms with Crippen molar-refractivity contribution < 1.29 is 28.8 Å². The van der Waals surface area contributed by atoms with Gasteiger partial charge in [-0.05, 0) is 12.1 Å². The van der Waals surface area contributed by atoms with E-state index in [9.17, 15) is 9.90 Å². The molecule has 0 spiro atoms. The van der Waals surface area contributed by atoms with Crippen molar-refractivity contribution in [3.05, 3.63) is 90.0 Å². The lowest BCUT2D eigenvalue weighted by Crippen LogP contribution is -2.50. The minimum atomic E-state index is -1.64. The Bertz CT molecular complexity index is 932. The summed E-state index contributed by atoms with van der Waals surface area (Å²) in [5.41, 5.74) is -0.386. The Labute approximate surface area is 175 Å². The molecule has 0 saturated heterocycles. The average Bonchev–Trinajstić information content (AvgIpc) is 2.82. The van der Waals surface area contributed by atoms with Crippen molar-refractivity contribution in [1.82, 2.24) is 0 Å². The first-order valence-corrected chi connectivity index (χ1v) is 9.34. The van der Waals surface area contributed by atoms with Crippen LogP contribution in [0.15, 0.2) is 78.9 Å². The molecule has 0 radical (unpaired) electrons. The van der Waals surface area contributed by atoms with Gasteiger partial charge >= 0.3 is 5.97 Å². The van der Waals surface area contributed by atoms with Crippen LogP contribution in [0.1, 0.15) is 11.1 Å². The SMILES string of the molecule is COC(=O)C(O)C(Oc1ccc(OC)c(OC)c1)(c1ccccc1)c1ccccc1. The molecule has 6 nitrogen and oxygen atoms in total. The fraction of sp³-hybridized carbons (Fsp3) is 0.208. The number of ether oxygens (including phenoxy) is 4. The molecule has 0 aliphatic carbocycles. The zero-order valence-corrected chi connectivity index (χ0v) is 17.1. The number of methoxy groups -OCH3 is 3. The van der Waals surface area contributed by atoms with E-state index in [2.05, 4.69) is 0 Å². The number of benzene rings is 3. The van der Waals surface area contributed by atoms with E-state index in [-0.39, 0.29) is 0 Å². The second kappa shape index (κ2) is 9.33. The number of esters is 1. The summed E-state index contributed by atoms with van der Waals surface area (Å²) in [7, 11) is 4.28. The molecule has 1 unspecified atom stereocenters. The van der Waals surface area contributed by atoms with Crippen molar-refractivity contribution in [2.75, 3.05) is 21.3 Å². The maximum atomic E-state index is 12.5. The summed E-state index contributed by atoms with van der Waals surface area (Å²) < 4.78 is 21.9. The van der Waals surface area contributed by atoms with Crippen LogP contribution < -0.4 is 14.2 Å². The number of hydrogen-bond donors (Lipinski definition) is 1. The molecule has 0 fully saturated rings. The Kier molecular flexibility index (Phi) is 6.59. The van der Waals surface area contributed by atoms with Gasteiger partial charge in [0.15, 0.2) is 23.2 Å². The highest BCUT2D eigenvalue weighted by Gasteiger charge is 2.48. The van der Waals surface area contributed by atoms with Crippen molar-refractivity contribution in [3.8, 4) is 17.2 Å². The molecule has 0 heterocycles. The number of carbonyl (C=O) groups excluding carboxylic acids is 1. The van der Waals surface area contributed by atoms with Gasteiger partial charge in [-0.25, -0.2) is 4.79 Å². The highest BCUT2D eigenvalue weighted by Crippen LogP contribution is 2.41. The van der Waals surface area contributed by atoms with Gasteiger partial charge in [-0.2, -0.15) is 0 Å². The molecule has 1 N–H and O–H groups in total. The summed E-state index contributed by atoms with van der Waals surface area (Å²) in [4.78, 5) is 12.5. The Morgan fingerprint density at radius 3 is 1.80 bits per heavy atom. The van der Waals surface area contributed by atoms with Gasteiger partial charge in [0.2, 0.25) is 0 Å². The quantitative estimate of drug-likeness (QED) is 0.575. The fourth-order valence-corrected chi connectivity index (χ4v) is 3.37. The van der Waals surface area contributed by atoms with Crippen LogP contribution in [-0.2, 0) is 15.1 Å². The monoisotopic (exact) mass is 408 g/mol. The molecule has 30 heavy (non-hydrogen) atoms. The number of carbonyl (C=O) groups is 1. The summed E-state index contributed by atoms with van der Waals surface area (Å²) in [6.07, 6.45) is -1.64. The first kappa shape index (κ1) is 21.2. The molecule has 3 aromatic carbocycles. The smallest absolute Gasteiger partial charge is 0.339 e. The van der Waals surface area contributed by atoms with E-state index in [1.54, 1.807) is 42.5 Å². The van der Waals surface area contributed by atoms with Crippen LogP contribution in [0.3, 0.4) is 0 Å². The summed E-state index contributed by atoms with van der Waals surface area (Å²) in [5, 5.41) is 11.2. The number of rotatable bonds is 8. The van der Waals surface area contributed by atoms with Crippen LogP contribution >= 0.6 is 0 Å². The summed E-state index contributed by atoms with van der Waals surface area (Å²) in [6.45, 7) is 0. The molecule has 0 aliphatic rings. The molecule has 1 atom stereocenters. The zero-order chi connectivity index (χ0) is 21.6. The lowest BCUT2D eigenvalue weighted by Gasteiger charge is -2.38. The lowest BCUT2D eigenvalue weighted by atomic mass is 9.81. The van der Waals surface area contributed by atoms with E-state index in [0.717, 1.165) is 0 Å². The van der Waals surface area contributed by atoms with Crippen LogP contribution in [0.25, 0.3) is 0 Å². The van der Waals surface area contributed by atoms with Gasteiger partial charge in [0.1, 0.15) is 5.75 Å². The third kappa shape index (κ3) is 3.95. The normalized spacial score (nSPS) is 12.0. The molecular formula is C24H24O6. The number of aliphatic hydroxyl groups excluding tert-OH is 1. The molecule has 3 rings (SSSR count). The van der Waals surface area contributed by atoms with Crippen LogP contribution in [0, 0.1) is 0 Å². The minimum Gasteiger partial charge on any atom is -0.493 e. The second-order valence-corrected chi connectivity index (χ2v) is 6.51. The van der Waals surface area contributed by atoms with Crippen molar-refractivity contribution in [2.45, 2.75) is 11.7 Å². The largest absolute Gasteiger partial charge is 0.493 e. The summed E-state index contributed by atoms with van der Waals surface area (Å²) in [6, 6.07) is 23.1. The predicted molar refractivity (Wildman–Crippen MR) is 112 cm³/mol. The third-order valence-corrected chi connectivity index (χ3v) is 4.85. The molecule has 0 amide bonds.